The highest BCUT2D eigenvalue weighted by molar-refractivity contribution is 7.90. The van der Waals surface area contributed by atoms with Crippen LogP contribution in [0.2, 0.25) is 5.02 Å². The number of nitro benzene ring substituents is 1. The molecule has 0 spiro atoms. The summed E-state index contributed by atoms with van der Waals surface area (Å²) in [6.45, 7) is 11.7. The minimum absolute atomic E-state index is 0.0138. The summed E-state index contributed by atoms with van der Waals surface area (Å²) < 4.78 is 57.4. The third kappa shape index (κ3) is 12.4. The van der Waals surface area contributed by atoms with Crippen LogP contribution in [0.1, 0.15) is 75.2 Å². The van der Waals surface area contributed by atoms with Crippen molar-refractivity contribution < 1.29 is 36.8 Å². The number of carbonyl (C=O) groups is 2. The Morgan fingerprint density at radius 3 is 2.43 bits per heavy atom. The molecule has 3 saturated heterocycles. The first-order valence-electron chi connectivity index (χ1n) is 23.8. The van der Waals surface area contributed by atoms with E-state index in [9.17, 15) is 28.1 Å². The summed E-state index contributed by atoms with van der Waals surface area (Å²) in [5.74, 6) is 0.0686. The van der Waals surface area contributed by atoms with Crippen molar-refractivity contribution in [3.63, 3.8) is 0 Å². The predicted octanol–water partition coefficient (Wildman–Crippen LogP) is 9.24. The fraction of sp³-hybridized carbons (Fsp3) is 0.431. The molecule has 2 aromatic heterocycles. The molecule has 0 radical (unpaired) electrons. The van der Waals surface area contributed by atoms with Gasteiger partial charge in [-0.1, -0.05) is 43.2 Å². The molecule has 3 fully saturated rings. The number of amides is 2. The molecule has 70 heavy (non-hydrogen) atoms. The van der Waals surface area contributed by atoms with Gasteiger partial charge in [-0.15, -0.1) is 0 Å². The highest BCUT2D eigenvalue weighted by Crippen LogP contribution is 2.35. The van der Waals surface area contributed by atoms with E-state index in [-0.39, 0.29) is 61.3 Å². The highest BCUT2D eigenvalue weighted by Gasteiger charge is 2.37. The molecular formula is C51H60ClFN8O8S. The van der Waals surface area contributed by atoms with Gasteiger partial charge in [-0.3, -0.25) is 24.6 Å². The fourth-order valence-electron chi connectivity index (χ4n) is 9.40. The highest BCUT2D eigenvalue weighted by atomic mass is 35.5. The van der Waals surface area contributed by atoms with Gasteiger partial charge in [0.15, 0.2) is 0 Å². The van der Waals surface area contributed by atoms with E-state index in [2.05, 4.69) is 62.7 Å². The number of alkyl halides is 1. The number of nitrogens with zero attached hydrogens (tertiary/aromatic N) is 5. The van der Waals surface area contributed by atoms with E-state index in [1.807, 2.05) is 18.2 Å². The van der Waals surface area contributed by atoms with Gasteiger partial charge < -0.3 is 29.6 Å². The SMILES string of the molecule is C/C(CN1CCN(c2ccc(C(=O)NS(=O)(=O)c3ccc(NCC4(F)CCN(C(=O)CC5CCOCC5)CC4)c([N+](=O)[O-])c3)c(Oc3cnc4[nH]ccc4c3)c2)CC1)=C(\CC(C)C)c1ccc(Cl)cc1. The van der Waals surface area contributed by atoms with Crippen LogP contribution in [0.5, 0.6) is 11.5 Å². The van der Waals surface area contributed by atoms with Crippen LogP contribution in [0.4, 0.5) is 21.5 Å². The summed E-state index contributed by atoms with van der Waals surface area (Å²) in [4.78, 5) is 51.6. The van der Waals surface area contributed by atoms with E-state index in [0.29, 0.717) is 55.1 Å². The number of H-pyrrole nitrogens is 1. The van der Waals surface area contributed by atoms with Crippen molar-refractivity contribution in [1.29, 1.82) is 0 Å². The van der Waals surface area contributed by atoms with Crippen molar-refractivity contribution in [2.45, 2.75) is 69.9 Å². The number of aromatic nitrogens is 2. The molecule has 0 atom stereocenters. The van der Waals surface area contributed by atoms with Gasteiger partial charge >= 0.3 is 0 Å². The topological polar surface area (TPSA) is 192 Å². The molecule has 0 saturated carbocycles. The van der Waals surface area contributed by atoms with Crippen molar-refractivity contribution in [2.75, 3.05) is 75.8 Å². The number of nitrogens with one attached hydrogen (secondary N) is 3. The molecule has 3 aliphatic heterocycles. The summed E-state index contributed by atoms with van der Waals surface area (Å²) in [6, 6.07) is 19.6. The molecule has 2 amide bonds. The predicted molar refractivity (Wildman–Crippen MR) is 269 cm³/mol. The van der Waals surface area contributed by atoms with Crippen molar-refractivity contribution in [2.24, 2.45) is 11.8 Å². The largest absolute Gasteiger partial charge is 0.455 e. The molecule has 19 heteroatoms. The Morgan fingerprint density at radius 1 is 1.00 bits per heavy atom. The molecule has 3 aliphatic rings. The normalized spacial score (nSPS) is 17.3. The third-order valence-corrected chi connectivity index (χ3v) is 15.0. The van der Waals surface area contributed by atoms with Gasteiger partial charge in [-0.05, 0) is 97.7 Å². The zero-order valence-corrected chi connectivity index (χ0v) is 41.3. The number of benzene rings is 3. The van der Waals surface area contributed by atoms with Crippen LogP contribution in [-0.4, -0.2) is 116 Å². The van der Waals surface area contributed by atoms with Crippen LogP contribution in [-0.2, 0) is 19.6 Å². The lowest BCUT2D eigenvalue weighted by molar-refractivity contribution is -0.384. The van der Waals surface area contributed by atoms with Gasteiger partial charge in [0.25, 0.3) is 21.6 Å². The second-order valence-corrected chi connectivity index (χ2v) is 21.1. The van der Waals surface area contributed by atoms with Gasteiger partial charge in [0, 0.05) is 119 Å². The van der Waals surface area contributed by atoms with E-state index in [4.69, 9.17) is 21.1 Å². The minimum atomic E-state index is -4.69. The number of halogens is 2. The van der Waals surface area contributed by atoms with Gasteiger partial charge in [0.2, 0.25) is 5.91 Å². The lowest BCUT2D eigenvalue weighted by Crippen LogP contribution is -2.48. The first-order valence-corrected chi connectivity index (χ1v) is 25.7. The minimum Gasteiger partial charge on any atom is -0.455 e. The molecule has 0 bridgehead atoms. The number of pyridine rings is 1. The van der Waals surface area contributed by atoms with Crippen LogP contribution in [0.15, 0.2) is 95.7 Å². The monoisotopic (exact) mass is 998 g/mol. The third-order valence-electron chi connectivity index (χ3n) is 13.4. The van der Waals surface area contributed by atoms with Gasteiger partial charge in [0.1, 0.15) is 28.5 Å². The van der Waals surface area contributed by atoms with Crippen LogP contribution >= 0.6 is 11.6 Å². The number of anilines is 2. The summed E-state index contributed by atoms with van der Waals surface area (Å²) in [5, 5.41) is 16.6. The van der Waals surface area contributed by atoms with Crippen LogP contribution < -0.4 is 19.7 Å². The van der Waals surface area contributed by atoms with Gasteiger partial charge in [-0.25, -0.2) is 22.5 Å². The Kier molecular flexibility index (Phi) is 15.8. The first-order chi connectivity index (χ1) is 33.5. The molecule has 3 N–H and O–H groups in total. The maximum absolute atomic E-state index is 16.0. The number of fused-ring (bicyclic) bond motifs is 1. The van der Waals surface area contributed by atoms with E-state index in [1.54, 1.807) is 29.3 Å². The van der Waals surface area contributed by atoms with E-state index in [1.165, 1.54) is 35.0 Å². The number of ether oxygens (including phenoxy) is 2. The molecule has 5 heterocycles. The number of piperidine rings is 1. The van der Waals surface area contributed by atoms with Gasteiger partial charge in [-0.2, -0.15) is 0 Å². The molecule has 3 aromatic carbocycles. The molecule has 0 unspecified atom stereocenters. The quantitative estimate of drug-likeness (QED) is 0.0592. The van der Waals surface area contributed by atoms with Crippen molar-refractivity contribution in [3.05, 3.63) is 117 Å². The smallest absolute Gasteiger partial charge is 0.293 e. The summed E-state index contributed by atoms with van der Waals surface area (Å²) in [5.41, 5.74) is 2.61. The number of likely N-dealkylation sites (tertiary alicyclic amines) is 1. The van der Waals surface area contributed by atoms with Crippen molar-refractivity contribution in [3.8, 4) is 11.5 Å². The molecular weight excluding hydrogens is 939 g/mol. The molecule has 8 rings (SSSR count). The maximum atomic E-state index is 16.0. The summed E-state index contributed by atoms with van der Waals surface area (Å²) in [7, 11) is -4.69. The number of piperazine rings is 1. The van der Waals surface area contributed by atoms with E-state index in [0.717, 1.165) is 62.1 Å². The van der Waals surface area contributed by atoms with Crippen LogP contribution in [0.3, 0.4) is 0 Å². The van der Waals surface area contributed by atoms with Crippen LogP contribution in [0, 0.1) is 22.0 Å². The van der Waals surface area contributed by atoms with Gasteiger partial charge in [0.05, 0.1) is 21.6 Å². The number of hydrogen-bond donors (Lipinski definition) is 3. The number of nitro groups is 1. The maximum Gasteiger partial charge on any atom is 0.293 e. The standard InChI is InChI=1S/C51H60ClFN8O8S/c1-34(2)26-44(37-4-6-39(52)7-5-37)35(3)32-58-20-22-59(23-21-58)40-8-10-43(47(29-40)69-41-28-38-12-17-54-49(38)55-31-41)50(63)57-70(66,67)42-9-11-45(46(30-42)61(64)65)56-33-51(53)15-18-60(19-16-51)48(62)27-36-13-24-68-25-14-36/h4-12,17,28-31,34,36,56H,13-16,18-27,32-33H2,1-3H3,(H,54,55)(H,57,63)/b44-35-. The second-order valence-electron chi connectivity index (χ2n) is 19.0. The van der Waals surface area contributed by atoms with Crippen LogP contribution in [0.25, 0.3) is 16.6 Å². The number of rotatable bonds is 17. The molecule has 5 aromatic rings. The Bertz CT molecular complexity index is 2840. The summed E-state index contributed by atoms with van der Waals surface area (Å²) in [6.07, 6.45) is 6.29. The Labute approximate surface area is 412 Å². The Balaban J connectivity index is 0.947. The van der Waals surface area contributed by atoms with E-state index < -0.39 is 37.1 Å². The zero-order valence-electron chi connectivity index (χ0n) is 39.7. The Morgan fingerprint density at radius 2 is 1.73 bits per heavy atom. The summed E-state index contributed by atoms with van der Waals surface area (Å²) >= 11 is 6.21. The molecule has 16 nitrogen and oxygen atoms in total. The number of carbonyl (C=O) groups excluding carboxylic acids is 2. The number of sulfonamides is 1. The number of aromatic amines is 1. The fourth-order valence-corrected chi connectivity index (χ4v) is 10.5. The average Bonchev–Trinajstić information content (AvgIpc) is 3.81. The first kappa shape index (κ1) is 50.3. The zero-order chi connectivity index (χ0) is 49.6. The average molecular weight is 1000 g/mol. The lowest BCUT2D eigenvalue weighted by atomic mass is 9.91. The number of hydrogen-bond acceptors (Lipinski definition) is 12. The lowest BCUT2D eigenvalue weighted by Gasteiger charge is -2.37. The van der Waals surface area contributed by atoms with Crippen molar-refractivity contribution in [1.82, 2.24) is 24.5 Å². The van der Waals surface area contributed by atoms with Crippen molar-refractivity contribution >= 4 is 67.1 Å². The molecule has 372 valence electrons. The number of allylic oxidation sites excluding steroid dienone is 1. The van der Waals surface area contributed by atoms with E-state index >= 15 is 4.39 Å². The Hall–Kier alpha value is -6.08. The second kappa shape index (κ2) is 21.9. The molecule has 0 aliphatic carbocycles.